The molecule has 0 unspecified atom stereocenters. The van der Waals surface area contributed by atoms with Crippen molar-refractivity contribution < 1.29 is 22.7 Å². The van der Waals surface area contributed by atoms with Gasteiger partial charge in [0.05, 0.1) is 0 Å². The molecule has 3 aromatic rings. The number of primary amides is 1. The zero-order valence-electron chi connectivity index (χ0n) is 15.7. The highest BCUT2D eigenvalue weighted by Crippen LogP contribution is 2.35. The van der Waals surface area contributed by atoms with Gasteiger partial charge in [-0.15, -0.1) is 11.8 Å². The molecule has 3 rings (SSSR count). The summed E-state index contributed by atoms with van der Waals surface area (Å²) in [5.74, 6) is -0.653. The average Bonchev–Trinajstić information content (AvgIpc) is 2.72. The van der Waals surface area contributed by atoms with E-state index in [2.05, 4.69) is 0 Å². The number of alkyl halides is 3. The average molecular weight is 434 g/mol. The maximum atomic E-state index is 13.4. The Balaban J connectivity index is 1.87. The number of thioether (sulfide) groups is 1. The Morgan fingerprint density at radius 1 is 1.10 bits per heavy atom. The molecule has 1 aromatic heterocycles. The van der Waals surface area contributed by atoms with Gasteiger partial charge in [-0.1, -0.05) is 24.3 Å². The number of nitrogens with one attached hydrogen (secondary N) is 1. The summed E-state index contributed by atoms with van der Waals surface area (Å²) < 4.78 is 45.8. The molecule has 2 aromatic carbocycles. The zero-order chi connectivity index (χ0) is 21.9. The van der Waals surface area contributed by atoms with Crippen LogP contribution >= 0.6 is 11.8 Å². The van der Waals surface area contributed by atoms with E-state index in [-0.39, 0.29) is 11.1 Å². The van der Waals surface area contributed by atoms with Crippen LogP contribution in [0.1, 0.15) is 21.6 Å². The molecule has 0 atom stereocenters. The van der Waals surface area contributed by atoms with Gasteiger partial charge in [0.25, 0.3) is 11.5 Å². The molecule has 156 valence electrons. The van der Waals surface area contributed by atoms with E-state index in [1.165, 1.54) is 24.3 Å². The summed E-state index contributed by atoms with van der Waals surface area (Å²) in [4.78, 5) is 26.0. The summed E-state index contributed by atoms with van der Waals surface area (Å²) in [5.41, 5.74) is 2.85. The fraction of sp³-hybridized carbons (Fsp3) is 0.143. The molecule has 0 fully saturated rings. The lowest BCUT2D eigenvalue weighted by atomic mass is 10.0. The molecule has 0 saturated heterocycles. The number of rotatable bonds is 6. The van der Waals surface area contributed by atoms with Crippen molar-refractivity contribution in [3.8, 4) is 16.9 Å². The Hall–Kier alpha value is -3.20. The van der Waals surface area contributed by atoms with Gasteiger partial charge in [0.15, 0.2) is 0 Å². The maximum absolute atomic E-state index is 13.4. The molecule has 3 N–H and O–H groups in total. The highest BCUT2D eigenvalue weighted by atomic mass is 32.2. The predicted molar refractivity (Wildman–Crippen MR) is 109 cm³/mol. The minimum atomic E-state index is -4.82. The van der Waals surface area contributed by atoms with Crippen molar-refractivity contribution in [1.82, 2.24) is 4.98 Å². The van der Waals surface area contributed by atoms with Crippen LogP contribution < -0.4 is 16.0 Å². The molecular weight excluding hydrogens is 417 g/mol. The largest absolute Gasteiger partial charge is 0.489 e. The molecule has 0 aliphatic rings. The van der Waals surface area contributed by atoms with Gasteiger partial charge in [-0.2, -0.15) is 13.2 Å². The highest BCUT2D eigenvalue weighted by Gasteiger charge is 2.36. The molecule has 0 aliphatic carbocycles. The minimum absolute atomic E-state index is 0.151. The van der Waals surface area contributed by atoms with Gasteiger partial charge in [0.1, 0.15) is 23.6 Å². The first-order valence-corrected chi connectivity index (χ1v) is 9.92. The third-order valence-electron chi connectivity index (χ3n) is 4.32. The second-order valence-electron chi connectivity index (χ2n) is 6.32. The number of pyridine rings is 1. The Kier molecular flexibility index (Phi) is 6.21. The normalized spacial score (nSPS) is 11.3. The first-order chi connectivity index (χ1) is 14.2. The van der Waals surface area contributed by atoms with Gasteiger partial charge in [-0.25, -0.2) is 0 Å². The van der Waals surface area contributed by atoms with E-state index in [4.69, 9.17) is 10.5 Å². The Bertz CT molecular complexity index is 1110. The number of hydrogen-bond acceptors (Lipinski definition) is 4. The number of ether oxygens (including phenoxy) is 1. The van der Waals surface area contributed by atoms with Crippen LogP contribution in [-0.2, 0) is 12.8 Å². The number of hydrogen-bond donors (Lipinski definition) is 2. The zero-order valence-corrected chi connectivity index (χ0v) is 16.6. The fourth-order valence-corrected chi connectivity index (χ4v) is 3.19. The van der Waals surface area contributed by atoms with Gasteiger partial charge in [-0.05, 0) is 47.7 Å². The number of benzene rings is 2. The summed E-state index contributed by atoms with van der Waals surface area (Å²) in [5, 5.41) is 0. The van der Waals surface area contributed by atoms with Crippen LogP contribution in [0.4, 0.5) is 13.2 Å². The predicted octanol–water partition coefficient (Wildman–Crippen LogP) is 4.46. The quantitative estimate of drug-likeness (QED) is 0.561. The Morgan fingerprint density at radius 3 is 2.27 bits per heavy atom. The number of carbonyl (C=O) groups is 1. The molecule has 30 heavy (non-hydrogen) atoms. The topological polar surface area (TPSA) is 85.2 Å². The molecule has 0 saturated carbocycles. The number of aromatic amines is 1. The molecule has 0 radical (unpaired) electrons. The van der Waals surface area contributed by atoms with Gasteiger partial charge >= 0.3 is 6.18 Å². The lowest BCUT2D eigenvalue weighted by Gasteiger charge is -2.14. The van der Waals surface area contributed by atoms with Crippen LogP contribution in [0.3, 0.4) is 0 Å². The number of H-pyrrole nitrogens is 1. The van der Waals surface area contributed by atoms with Crippen LogP contribution in [-0.4, -0.2) is 17.1 Å². The number of amides is 1. The van der Waals surface area contributed by atoms with Crippen LogP contribution in [0, 0.1) is 0 Å². The Labute approximate surface area is 174 Å². The van der Waals surface area contributed by atoms with Crippen LogP contribution in [0.15, 0.2) is 64.3 Å². The van der Waals surface area contributed by atoms with E-state index in [1.54, 1.807) is 16.7 Å². The van der Waals surface area contributed by atoms with Crippen LogP contribution in [0.5, 0.6) is 5.75 Å². The van der Waals surface area contributed by atoms with E-state index in [1.807, 2.05) is 30.5 Å². The van der Waals surface area contributed by atoms with Gasteiger partial charge in [-0.3, -0.25) is 9.59 Å². The third kappa shape index (κ3) is 4.85. The van der Waals surface area contributed by atoms with E-state index in [0.717, 1.165) is 16.5 Å². The summed E-state index contributed by atoms with van der Waals surface area (Å²) >= 11 is 1.63. The molecule has 1 heterocycles. The first-order valence-electron chi connectivity index (χ1n) is 8.69. The van der Waals surface area contributed by atoms with E-state index in [0.29, 0.717) is 12.4 Å². The summed E-state index contributed by atoms with van der Waals surface area (Å²) in [6.07, 6.45) is -2.84. The van der Waals surface area contributed by atoms with Crippen molar-refractivity contribution in [3.05, 3.63) is 81.8 Å². The molecule has 5 nitrogen and oxygen atoms in total. The van der Waals surface area contributed by atoms with Crippen molar-refractivity contribution in [2.75, 3.05) is 6.26 Å². The fourth-order valence-electron chi connectivity index (χ4n) is 2.78. The standard InChI is InChI=1S/C21H17F3N2O3S/c1-30-15-8-2-12(3-9-15)11-29-14-6-4-13(5-7-14)16-10-17(19(25)27)20(28)26-18(16)21(22,23)24/h2-10H,11H2,1H3,(H2,25,27)(H,26,28). The molecule has 0 aliphatic heterocycles. The van der Waals surface area contributed by atoms with Crippen LogP contribution in [0.25, 0.3) is 11.1 Å². The van der Waals surface area contributed by atoms with E-state index >= 15 is 0 Å². The van der Waals surface area contributed by atoms with Gasteiger partial charge in [0, 0.05) is 10.5 Å². The lowest BCUT2D eigenvalue weighted by Crippen LogP contribution is -2.27. The first kappa shape index (κ1) is 21.5. The van der Waals surface area contributed by atoms with Crippen molar-refractivity contribution >= 4 is 17.7 Å². The van der Waals surface area contributed by atoms with Crippen molar-refractivity contribution in [1.29, 1.82) is 0 Å². The smallest absolute Gasteiger partial charge is 0.431 e. The maximum Gasteiger partial charge on any atom is 0.431 e. The summed E-state index contributed by atoms with van der Waals surface area (Å²) in [6.45, 7) is 0.298. The monoisotopic (exact) mass is 434 g/mol. The van der Waals surface area contributed by atoms with Gasteiger partial charge < -0.3 is 15.5 Å². The van der Waals surface area contributed by atoms with Crippen molar-refractivity contribution in [3.63, 3.8) is 0 Å². The SMILES string of the molecule is CSc1ccc(COc2ccc(-c3cc(C(N)=O)c(=O)[nH]c3C(F)(F)F)cc2)cc1. The van der Waals surface area contributed by atoms with Crippen LogP contribution in [0.2, 0.25) is 0 Å². The molecule has 9 heteroatoms. The molecule has 1 amide bonds. The number of aromatic nitrogens is 1. The second kappa shape index (κ2) is 8.66. The van der Waals surface area contributed by atoms with Crippen molar-refractivity contribution in [2.24, 2.45) is 5.73 Å². The molecule has 0 bridgehead atoms. The minimum Gasteiger partial charge on any atom is -0.489 e. The number of halogens is 3. The Morgan fingerprint density at radius 2 is 1.73 bits per heavy atom. The number of carbonyl (C=O) groups excluding carboxylic acids is 1. The second-order valence-corrected chi connectivity index (χ2v) is 7.20. The van der Waals surface area contributed by atoms with E-state index in [9.17, 15) is 22.8 Å². The lowest BCUT2D eigenvalue weighted by molar-refractivity contribution is -0.140. The summed E-state index contributed by atoms with van der Waals surface area (Å²) in [7, 11) is 0. The third-order valence-corrected chi connectivity index (χ3v) is 5.06. The highest BCUT2D eigenvalue weighted by molar-refractivity contribution is 7.98. The van der Waals surface area contributed by atoms with Crippen molar-refractivity contribution in [2.45, 2.75) is 17.7 Å². The van der Waals surface area contributed by atoms with E-state index < -0.39 is 28.9 Å². The summed E-state index contributed by atoms with van der Waals surface area (Å²) in [6, 6.07) is 14.5. The molecular formula is C21H17F3N2O3S. The van der Waals surface area contributed by atoms with Gasteiger partial charge in [0.2, 0.25) is 0 Å². The number of nitrogens with two attached hydrogens (primary N) is 1. The molecule has 0 spiro atoms.